The third kappa shape index (κ3) is 3.29. The summed E-state index contributed by atoms with van der Waals surface area (Å²) in [6, 6.07) is 0. The van der Waals surface area contributed by atoms with Crippen LogP contribution in [-0.4, -0.2) is 43.2 Å². The lowest BCUT2D eigenvalue weighted by Gasteiger charge is -2.40. The van der Waals surface area contributed by atoms with Crippen LogP contribution >= 0.6 is 0 Å². The lowest BCUT2D eigenvalue weighted by Crippen LogP contribution is -2.51. The fraction of sp³-hybridized carbons (Fsp3) is 0.933. The molecule has 0 aromatic carbocycles. The number of carbonyl (C=O) groups is 1. The van der Waals surface area contributed by atoms with Crippen molar-refractivity contribution in [2.75, 3.05) is 26.2 Å². The molecule has 1 atom stereocenters. The number of amides is 1. The highest BCUT2D eigenvalue weighted by atomic mass is 16.5. The minimum Gasteiger partial charge on any atom is -0.377 e. The maximum atomic E-state index is 12.9. The van der Waals surface area contributed by atoms with Crippen molar-refractivity contribution in [1.29, 1.82) is 0 Å². The highest BCUT2D eigenvalue weighted by molar-refractivity contribution is 5.83. The molecule has 2 rings (SSSR count). The second-order valence-corrected chi connectivity index (χ2v) is 6.45. The van der Waals surface area contributed by atoms with Crippen LogP contribution in [0.3, 0.4) is 0 Å². The SMILES string of the molecule is CC1CCC(CN)(C(=O)N2CCCOC(C)C2)CC1. The predicted molar refractivity (Wildman–Crippen MR) is 75.7 cm³/mol. The number of nitrogens with two attached hydrogens (primary N) is 1. The molecule has 1 saturated heterocycles. The Morgan fingerprint density at radius 1 is 1.37 bits per heavy atom. The van der Waals surface area contributed by atoms with Crippen LogP contribution < -0.4 is 5.73 Å². The molecule has 0 spiro atoms. The van der Waals surface area contributed by atoms with Gasteiger partial charge in [0.1, 0.15) is 0 Å². The van der Waals surface area contributed by atoms with Crippen molar-refractivity contribution in [3.05, 3.63) is 0 Å². The highest BCUT2D eigenvalue weighted by Crippen LogP contribution is 2.39. The molecular formula is C15H28N2O2. The van der Waals surface area contributed by atoms with Gasteiger partial charge in [0, 0.05) is 26.2 Å². The van der Waals surface area contributed by atoms with E-state index in [1.807, 2.05) is 11.8 Å². The van der Waals surface area contributed by atoms with Crippen molar-refractivity contribution in [3.8, 4) is 0 Å². The van der Waals surface area contributed by atoms with Gasteiger partial charge in [-0.3, -0.25) is 4.79 Å². The molecule has 4 heteroatoms. The minimum atomic E-state index is -0.295. The number of nitrogens with zero attached hydrogens (tertiary/aromatic N) is 1. The molecule has 110 valence electrons. The second kappa shape index (κ2) is 6.23. The number of hydrogen-bond acceptors (Lipinski definition) is 3. The molecule has 0 bridgehead atoms. The van der Waals surface area contributed by atoms with E-state index in [0.717, 1.165) is 57.7 Å². The van der Waals surface area contributed by atoms with Gasteiger partial charge < -0.3 is 15.4 Å². The summed E-state index contributed by atoms with van der Waals surface area (Å²) in [5.41, 5.74) is 5.69. The van der Waals surface area contributed by atoms with Crippen molar-refractivity contribution in [3.63, 3.8) is 0 Å². The molecule has 4 nitrogen and oxygen atoms in total. The number of rotatable bonds is 2. The van der Waals surface area contributed by atoms with Gasteiger partial charge in [-0.05, 0) is 44.9 Å². The summed E-state index contributed by atoms with van der Waals surface area (Å²) in [7, 11) is 0. The molecular weight excluding hydrogens is 240 g/mol. The summed E-state index contributed by atoms with van der Waals surface area (Å²) < 4.78 is 5.63. The maximum Gasteiger partial charge on any atom is 0.230 e. The van der Waals surface area contributed by atoms with Crippen molar-refractivity contribution < 1.29 is 9.53 Å². The van der Waals surface area contributed by atoms with Crippen LogP contribution in [0.15, 0.2) is 0 Å². The zero-order chi connectivity index (χ0) is 13.9. The lowest BCUT2D eigenvalue weighted by atomic mass is 9.70. The molecule has 2 fully saturated rings. The van der Waals surface area contributed by atoms with Gasteiger partial charge in [-0.2, -0.15) is 0 Å². The normalized spacial score (nSPS) is 36.9. The van der Waals surface area contributed by atoms with Crippen LogP contribution in [0, 0.1) is 11.3 Å². The molecule has 0 aromatic rings. The Labute approximate surface area is 116 Å². The molecule has 0 radical (unpaired) electrons. The van der Waals surface area contributed by atoms with Gasteiger partial charge in [0.25, 0.3) is 0 Å². The smallest absolute Gasteiger partial charge is 0.230 e. The molecule has 0 aromatic heterocycles. The third-order valence-corrected chi connectivity index (χ3v) is 4.82. The van der Waals surface area contributed by atoms with E-state index in [2.05, 4.69) is 6.92 Å². The van der Waals surface area contributed by atoms with E-state index < -0.39 is 0 Å². The molecule has 2 N–H and O–H groups in total. The van der Waals surface area contributed by atoms with E-state index in [-0.39, 0.29) is 17.4 Å². The van der Waals surface area contributed by atoms with Crippen LogP contribution in [0.1, 0.15) is 46.0 Å². The molecule has 1 aliphatic heterocycles. The van der Waals surface area contributed by atoms with E-state index in [1.54, 1.807) is 0 Å². The Morgan fingerprint density at radius 2 is 2.05 bits per heavy atom. The second-order valence-electron chi connectivity index (χ2n) is 6.45. The van der Waals surface area contributed by atoms with Gasteiger partial charge in [0.2, 0.25) is 5.91 Å². The van der Waals surface area contributed by atoms with Gasteiger partial charge in [-0.1, -0.05) is 6.92 Å². The summed E-state index contributed by atoms with van der Waals surface area (Å²) in [6.07, 6.45) is 5.24. The van der Waals surface area contributed by atoms with Gasteiger partial charge in [-0.15, -0.1) is 0 Å². The summed E-state index contributed by atoms with van der Waals surface area (Å²) >= 11 is 0. The van der Waals surface area contributed by atoms with Crippen molar-refractivity contribution in [2.45, 2.75) is 52.1 Å². The Hall–Kier alpha value is -0.610. The van der Waals surface area contributed by atoms with Gasteiger partial charge >= 0.3 is 0 Å². The predicted octanol–water partition coefficient (Wildman–Crippen LogP) is 1.78. The van der Waals surface area contributed by atoms with Crippen molar-refractivity contribution >= 4 is 5.91 Å². The first kappa shape index (κ1) is 14.8. The quantitative estimate of drug-likeness (QED) is 0.830. The standard InChI is InChI=1S/C15H28N2O2/c1-12-4-6-15(11-16,7-5-12)14(18)17-8-3-9-19-13(2)10-17/h12-13H,3-11,16H2,1-2H3. The number of ether oxygens (including phenoxy) is 1. The van der Waals surface area contributed by atoms with Crippen LogP contribution in [0.25, 0.3) is 0 Å². The van der Waals surface area contributed by atoms with Crippen LogP contribution in [-0.2, 0) is 9.53 Å². The minimum absolute atomic E-state index is 0.142. The zero-order valence-corrected chi connectivity index (χ0v) is 12.4. The summed E-state index contributed by atoms with van der Waals surface area (Å²) in [4.78, 5) is 14.9. The lowest BCUT2D eigenvalue weighted by molar-refractivity contribution is -0.144. The van der Waals surface area contributed by atoms with Crippen LogP contribution in [0.2, 0.25) is 0 Å². The average Bonchev–Trinajstić information content (AvgIpc) is 2.64. The topological polar surface area (TPSA) is 55.6 Å². The van der Waals surface area contributed by atoms with E-state index in [9.17, 15) is 4.79 Å². The zero-order valence-electron chi connectivity index (χ0n) is 12.4. The molecule has 1 amide bonds. The molecule has 1 unspecified atom stereocenters. The Bertz CT molecular complexity index is 311. The van der Waals surface area contributed by atoms with E-state index >= 15 is 0 Å². The Kier molecular flexibility index (Phi) is 4.85. The molecule has 1 aliphatic carbocycles. The molecule has 19 heavy (non-hydrogen) atoms. The first-order valence-corrected chi connectivity index (χ1v) is 7.68. The monoisotopic (exact) mass is 268 g/mol. The number of hydrogen-bond donors (Lipinski definition) is 1. The molecule has 1 saturated carbocycles. The average molecular weight is 268 g/mol. The van der Waals surface area contributed by atoms with E-state index in [0.29, 0.717) is 6.54 Å². The van der Waals surface area contributed by atoms with Crippen molar-refractivity contribution in [1.82, 2.24) is 4.90 Å². The maximum absolute atomic E-state index is 12.9. The summed E-state index contributed by atoms with van der Waals surface area (Å²) in [6.45, 7) is 7.11. The number of carbonyl (C=O) groups excluding carboxylic acids is 1. The van der Waals surface area contributed by atoms with Gasteiger partial charge in [0.15, 0.2) is 0 Å². The third-order valence-electron chi connectivity index (χ3n) is 4.82. The fourth-order valence-electron chi connectivity index (χ4n) is 3.33. The van der Waals surface area contributed by atoms with Gasteiger partial charge in [-0.25, -0.2) is 0 Å². The van der Waals surface area contributed by atoms with Crippen LogP contribution in [0.4, 0.5) is 0 Å². The van der Waals surface area contributed by atoms with Crippen LogP contribution in [0.5, 0.6) is 0 Å². The largest absolute Gasteiger partial charge is 0.377 e. The highest BCUT2D eigenvalue weighted by Gasteiger charge is 2.42. The Balaban J connectivity index is 2.07. The first-order chi connectivity index (χ1) is 9.07. The summed E-state index contributed by atoms with van der Waals surface area (Å²) in [5.74, 6) is 1.01. The summed E-state index contributed by atoms with van der Waals surface area (Å²) in [5, 5.41) is 0. The van der Waals surface area contributed by atoms with E-state index in [1.165, 1.54) is 0 Å². The van der Waals surface area contributed by atoms with E-state index in [4.69, 9.17) is 10.5 Å². The Morgan fingerprint density at radius 3 is 2.68 bits per heavy atom. The first-order valence-electron chi connectivity index (χ1n) is 7.68. The van der Waals surface area contributed by atoms with Crippen molar-refractivity contribution in [2.24, 2.45) is 17.1 Å². The fourth-order valence-corrected chi connectivity index (χ4v) is 3.33. The van der Waals surface area contributed by atoms with Gasteiger partial charge in [0.05, 0.1) is 11.5 Å². The molecule has 1 heterocycles. The molecule has 2 aliphatic rings.